The predicted octanol–water partition coefficient (Wildman–Crippen LogP) is 3.00. The number of aromatic nitrogens is 2. The molecule has 1 aromatic heterocycles. The van der Waals surface area contributed by atoms with Crippen LogP contribution in [0, 0.1) is 5.92 Å². The van der Waals surface area contributed by atoms with Crippen molar-refractivity contribution in [2.45, 2.75) is 37.3 Å². The maximum absolute atomic E-state index is 13.4. The minimum atomic E-state index is -0.548. The summed E-state index contributed by atoms with van der Waals surface area (Å²) in [5.74, 6) is 1.25. The molecule has 4 aliphatic rings. The fourth-order valence-electron chi connectivity index (χ4n) is 5.72. The van der Waals surface area contributed by atoms with E-state index >= 15 is 0 Å². The molecule has 2 amide bonds. The first-order valence-corrected chi connectivity index (χ1v) is 12.9. The molecule has 3 fully saturated rings. The summed E-state index contributed by atoms with van der Waals surface area (Å²) in [6.45, 7) is 2.69. The fourth-order valence-corrected chi connectivity index (χ4v) is 5.72. The second-order valence-corrected chi connectivity index (χ2v) is 10.6. The standard InChI is InChI=1S/C28H29N5O3/c1-31-23-7-6-21(14-22(23)15-29-31)19-2-4-20(5-3-19)25-30-28(10-11-28)27(35)33(25)17-18-8-12-32(16-18)26(34)24-9-13-36-24/h2-7,14-15,18,24H,8-13,16-17H2,1H3/t18-,24?/m1/s1. The molecule has 7 rings (SSSR count). The molecule has 2 aromatic carbocycles. The van der Waals surface area contributed by atoms with Crippen molar-refractivity contribution in [3.05, 3.63) is 54.2 Å². The molecule has 8 heteroatoms. The van der Waals surface area contributed by atoms with E-state index in [0.29, 0.717) is 19.7 Å². The molecule has 36 heavy (non-hydrogen) atoms. The van der Waals surface area contributed by atoms with Crippen LogP contribution in [0.4, 0.5) is 0 Å². The molecular weight excluding hydrogens is 454 g/mol. The van der Waals surface area contributed by atoms with Crippen molar-refractivity contribution in [2.24, 2.45) is 18.0 Å². The SMILES string of the molecule is Cn1ncc2cc(-c3ccc(C4=NC5(CC5)C(=O)N4C[C@@H]4CCN(C(=O)C5CCO5)C4)cc3)ccc21. The number of aryl methyl sites for hydroxylation is 1. The molecule has 1 saturated carbocycles. The van der Waals surface area contributed by atoms with Crippen LogP contribution in [-0.2, 0) is 21.4 Å². The van der Waals surface area contributed by atoms with Gasteiger partial charge in [0.25, 0.3) is 11.8 Å². The van der Waals surface area contributed by atoms with Crippen LogP contribution >= 0.6 is 0 Å². The first-order chi connectivity index (χ1) is 17.5. The van der Waals surface area contributed by atoms with Gasteiger partial charge >= 0.3 is 0 Å². The molecule has 0 radical (unpaired) electrons. The van der Waals surface area contributed by atoms with Crippen LogP contribution < -0.4 is 0 Å². The van der Waals surface area contributed by atoms with Crippen molar-refractivity contribution in [3.63, 3.8) is 0 Å². The lowest BCUT2D eigenvalue weighted by atomic mass is 10.0. The summed E-state index contributed by atoms with van der Waals surface area (Å²) in [7, 11) is 1.95. The van der Waals surface area contributed by atoms with E-state index in [1.165, 1.54) is 0 Å². The topological polar surface area (TPSA) is 80.0 Å². The van der Waals surface area contributed by atoms with Gasteiger partial charge in [0.15, 0.2) is 0 Å². The Hall–Kier alpha value is -3.52. The molecule has 8 nitrogen and oxygen atoms in total. The minimum absolute atomic E-state index is 0.101. The Morgan fingerprint density at radius 1 is 1.08 bits per heavy atom. The van der Waals surface area contributed by atoms with Crippen molar-refractivity contribution < 1.29 is 14.3 Å². The van der Waals surface area contributed by atoms with Crippen molar-refractivity contribution in [3.8, 4) is 11.1 Å². The summed E-state index contributed by atoms with van der Waals surface area (Å²) < 4.78 is 7.26. The number of fused-ring (bicyclic) bond motifs is 1. The number of ether oxygens (including phenoxy) is 1. The minimum Gasteiger partial charge on any atom is -0.368 e. The first-order valence-electron chi connectivity index (χ1n) is 12.9. The summed E-state index contributed by atoms with van der Waals surface area (Å²) in [6, 6.07) is 14.7. The highest BCUT2D eigenvalue weighted by atomic mass is 16.5. The van der Waals surface area contributed by atoms with Crippen LogP contribution in [0.25, 0.3) is 22.0 Å². The lowest BCUT2D eigenvalue weighted by molar-refractivity contribution is -0.155. The van der Waals surface area contributed by atoms with Gasteiger partial charge in [0.05, 0.1) is 18.3 Å². The van der Waals surface area contributed by atoms with Crippen LogP contribution in [0.15, 0.2) is 53.7 Å². The molecule has 1 aliphatic carbocycles. The van der Waals surface area contributed by atoms with E-state index in [9.17, 15) is 9.59 Å². The van der Waals surface area contributed by atoms with Crippen LogP contribution in [0.5, 0.6) is 0 Å². The van der Waals surface area contributed by atoms with E-state index in [4.69, 9.17) is 9.73 Å². The molecule has 2 saturated heterocycles. The van der Waals surface area contributed by atoms with Crippen LogP contribution in [0.1, 0.15) is 31.2 Å². The molecule has 1 unspecified atom stereocenters. The van der Waals surface area contributed by atoms with E-state index in [-0.39, 0.29) is 23.8 Å². The summed E-state index contributed by atoms with van der Waals surface area (Å²) >= 11 is 0. The Morgan fingerprint density at radius 2 is 1.83 bits per heavy atom. The van der Waals surface area contributed by atoms with Gasteiger partial charge in [-0.25, -0.2) is 0 Å². The largest absolute Gasteiger partial charge is 0.368 e. The molecule has 3 aromatic rings. The van der Waals surface area contributed by atoms with Gasteiger partial charge in [0.2, 0.25) is 0 Å². The summed E-state index contributed by atoms with van der Waals surface area (Å²) in [5, 5.41) is 5.45. The zero-order chi connectivity index (χ0) is 24.4. The van der Waals surface area contributed by atoms with Gasteiger partial charge in [-0.2, -0.15) is 5.10 Å². The van der Waals surface area contributed by atoms with E-state index in [0.717, 1.165) is 65.7 Å². The maximum Gasteiger partial charge on any atom is 0.256 e. The molecule has 3 aliphatic heterocycles. The number of amides is 2. The molecule has 0 N–H and O–H groups in total. The number of benzene rings is 2. The van der Waals surface area contributed by atoms with Crippen LogP contribution in [0.2, 0.25) is 0 Å². The highest BCUT2D eigenvalue weighted by molar-refractivity contribution is 6.16. The average Bonchev–Trinajstić information content (AvgIpc) is 3.20. The van der Waals surface area contributed by atoms with Crippen LogP contribution in [0.3, 0.4) is 0 Å². The smallest absolute Gasteiger partial charge is 0.256 e. The maximum atomic E-state index is 13.4. The highest BCUT2D eigenvalue weighted by Crippen LogP contribution is 2.46. The van der Waals surface area contributed by atoms with Gasteiger partial charge in [0.1, 0.15) is 17.5 Å². The van der Waals surface area contributed by atoms with Gasteiger partial charge in [-0.05, 0) is 48.4 Å². The van der Waals surface area contributed by atoms with Crippen molar-refractivity contribution in [2.75, 3.05) is 26.2 Å². The Labute approximate surface area is 209 Å². The van der Waals surface area contributed by atoms with E-state index < -0.39 is 5.54 Å². The number of aliphatic imine (C=N–C) groups is 1. The Balaban J connectivity index is 1.10. The summed E-state index contributed by atoms with van der Waals surface area (Å²) in [6.07, 6.45) is 4.98. The van der Waals surface area contributed by atoms with Gasteiger partial charge in [-0.3, -0.25) is 24.2 Å². The van der Waals surface area contributed by atoms with Crippen molar-refractivity contribution in [1.29, 1.82) is 0 Å². The summed E-state index contributed by atoms with van der Waals surface area (Å²) in [4.78, 5) is 34.7. The molecule has 1 spiro atoms. The zero-order valence-electron chi connectivity index (χ0n) is 20.4. The normalized spacial score (nSPS) is 24.5. The number of hydrogen-bond donors (Lipinski definition) is 0. The third-order valence-electron chi connectivity index (χ3n) is 8.18. The number of nitrogens with zero attached hydrogens (tertiary/aromatic N) is 5. The van der Waals surface area contributed by atoms with Crippen molar-refractivity contribution >= 4 is 28.6 Å². The van der Waals surface area contributed by atoms with Crippen molar-refractivity contribution in [1.82, 2.24) is 19.6 Å². The number of amidine groups is 1. The predicted molar refractivity (Wildman–Crippen MR) is 135 cm³/mol. The number of carbonyl (C=O) groups is 2. The van der Waals surface area contributed by atoms with Crippen LogP contribution in [-0.4, -0.2) is 75.1 Å². The number of likely N-dealkylation sites (tertiary alicyclic amines) is 1. The second-order valence-electron chi connectivity index (χ2n) is 10.6. The summed E-state index contributed by atoms with van der Waals surface area (Å²) in [5.41, 5.74) is 3.77. The monoisotopic (exact) mass is 483 g/mol. The van der Waals surface area contributed by atoms with Gasteiger partial charge in [-0.1, -0.05) is 30.3 Å². The van der Waals surface area contributed by atoms with Gasteiger partial charge in [-0.15, -0.1) is 0 Å². The highest BCUT2D eigenvalue weighted by Gasteiger charge is 2.57. The molecular formula is C28H29N5O3. The van der Waals surface area contributed by atoms with Gasteiger partial charge in [0, 0.05) is 44.1 Å². The lowest BCUT2D eigenvalue weighted by Gasteiger charge is -2.30. The molecule has 184 valence electrons. The average molecular weight is 484 g/mol. The third-order valence-corrected chi connectivity index (χ3v) is 8.18. The Bertz CT molecular complexity index is 1400. The Morgan fingerprint density at radius 3 is 2.56 bits per heavy atom. The van der Waals surface area contributed by atoms with Gasteiger partial charge < -0.3 is 9.64 Å². The number of rotatable bonds is 5. The van der Waals surface area contributed by atoms with E-state index in [1.54, 1.807) is 0 Å². The number of carbonyl (C=O) groups excluding carboxylic acids is 2. The zero-order valence-corrected chi connectivity index (χ0v) is 20.4. The van der Waals surface area contributed by atoms with E-state index in [1.807, 2.05) is 27.7 Å². The Kier molecular flexibility index (Phi) is 4.83. The molecule has 2 atom stereocenters. The molecule has 4 heterocycles. The second kappa shape index (κ2) is 8.00. The lowest BCUT2D eigenvalue weighted by Crippen LogP contribution is -2.45. The van der Waals surface area contributed by atoms with E-state index in [2.05, 4.69) is 47.6 Å². The quantitative estimate of drug-likeness (QED) is 0.559. The third kappa shape index (κ3) is 3.46. The first kappa shape index (κ1) is 21.7. The number of hydrogen-bond acceptors (Lipinski definition) is 5. The molecule has 0 bridgehead atoms. The fraction of sp³-hybridized carbons (Fsp3) is 0.429.